The predicted octanol–water partition coefficient (Wildman–Crippen LogP) is 2.25. The van der Waals surface area contributed by atoms with Gasteiger partial charge in [0.05, 0.1) is 13.2 Å². The number of nitrogens with two attached hydrogens (primary N) is 1. The van der Waals surface area contributed by atoms with Crippen molar-refractivity contribution < 1.29 is 4.74 Å². The zero-order valence-electron chi connectivity index (χ0n) is 9.45. The Morgan fingerprint density at radius 2 is 2.38 bits per heavy atom. The topological polar surface area (TPSA) is 38.5 Å². The van der Waals surface area contributed by atoms with Crippen molar-refractivity contribution in [2.75, 3.05) is 25.5 Å². The highest BCUT2D eigenvalue weighted by Crippen LogP contribution is 2.22. The van der Waals surface area contributed by atoms with Crippen molar-refractivity contribution in [2.45, 2.75) is 19.5 Å². The lowest BCUT2D eigenvalue weighted by Crippen LogP contribution is -2.42. The fourth-order valence-corrected chi connectivity index (χ4v) is 2.33. The first-order chi connectivity index (χ1) is 7.66. The van der Waals surface area contributed by atoms with Crippen LogP contribution in [-0.4, -0.2) is 30.7 Å². The van der Waals surface area contributed by atoms with Crippen LogP contribution in [0.4, 0.5) is 5.69 Å². The smallest absolute Gasteiger partial charge is 0.0619 e. The molecule has 1 heterocycles. The molecule has 1 aliphatic heterocycles. The first-order valence-corrected chi connectivity index (χ1v) is 6.32. The first kappa shape index (κ1) is 11.9. The second-order valence-electron chi connectivity index (χ2n) is 4.25. The van der Waals surface area contributed by atoms with E-state index in [1.807, 2.05) is 6.07 Å². The summed E-state index contributed by atoms with van der Waals surface area (Å²) in [6.07, 6.45) is 0. The number of hydrogen-bond donors (Lipinski definition) is 1. The van der Waals surface area contributed by atoms with Crippen molar-refractivity contribution >= 4 is 21.6 Å². The van der Waals surface area contributed by atoms with Gasteiger partial charge in [0.15, 0.2) is 0 Å². The number of benzene rings is 1. The lowest BCUT2D eigenvalue weighted by Gasteiger charge is -2.33. The average molecular weight is 285 g/mol. The molecular weight excluding hydrogens is 268 g/mol. The van der Waals surface area contributed by atoms with Gasteiger partial charge in [0, 0.05) is 29.3 Å². The highest BCUT2D eigenvalue weighted by atomic mass is 79.9. The molecule has 16 heavy (non-hydrogen) atoms. The molecule has 4 heteroatoms. The van der Waals surface area contributed by atoms with Crippen LogP contribution < -0.4 is 5.73 Å². The Balaban J connectivity index is 2.05. The lowest BCUT2D eigenvalue weighted by atomic mass is 10.1. The molecule has 3 nitrogen and oxygen atoms in total. The predicted molar refractivity (Wildman–Crippen MR) is 69.2 cm³/mol. The van der Waals surface area contributed by atoms with E-state index in [9.17, 15) is 0 Å². The number of anilines is 1. The minimum Gasteiger partial charge on any atom is -0.398 e. The summed E-state index contributed by atoms with van der Waals surface area (Å²) >= 11 is 3.46. The van der Waals surface area contributed by atoms with Gasteiger partial charge in [-0.25, -0.2) is 0 Å². The van der Waals surface area contributed by atoms with Gasteiger partial charge in [0.25, 0.3) is 0 Å². The average Bonchev–Trinajstić information content (AvgIpc) is 2.27. The zero-order valence-corrected chi connectivity index (χ0v) is 11.0. The molecule has 2 rings (SSSR count). The molecule has 1 unspecified atom stereocenters. The van der Waals surface area contributed by atoms with Crippen molar-refractivity contribution in [1.29, 1.82) is 0 Å². The number of nitrogen functional groups attached to an aromatic ring is 1. The summed E-state index contributed by atoms with van der Waals surface area (Å²) in [5, 5.41) is 0. The molecule has 2 N–H and O–H groups in total. The van der Waals surface area contributed by atoms with Crippen molar-refractivity contribution in [1.82, 2.24) is 4.90 Å². The molecule has 0 aliphatic carbocycles. The monoisotopic (exact) mass is 284 g/mol. The van der Waals surface area contributed by atoms with Crippen LogP contribution in [0.15, 0.2) is 22.7 Å². The fraction of sp³-hybridized carbons (Fsp3) is 0.500. The van der Waals surface area contributed by atoms with E-state index in [-0.39, 0.29) is 0 Å². The maximum absolute atomic E-state index is 5.77. The third-order valence-corrected chi connectivity index (χ3v) is 3.64. The first-order valence-electron chi connectivity index (χ1n) is 5.52. The second kappa shape index (κ2) is 5.17. The van der Waals surface area contributed by atoms with Gasteiger partial charge in [0.1, 0.15) is 0 Å². The van der Waals surface area contributed by atoms with E-state index in [0.717, 1.165) is 36.5 Å². The maximum atomic E-state index is 5.77. The molecule has 88 valence electrons. The van der Waals surface area contributed by atoms with Crippen LogP contribution in [-0.2, 0) is 11.3 Å². The molecule has 0 radical (unpaired) electrons. The molecule has 1 aliphatic rings. The number of halogens is 1. The Kier molecular flexibility index (Phi) is 3.84. The van der Waals surface area contributed by atoms with Gasteiger partial charge in [-0.3, -0.25) is 4.90 Å². The SMILES string of the molecule is CC1COCCN1Cc1ccc(N)c(Br)c1. The lowest BCUT2D eigenvalue weighted by molar-refractivity contribution is -0.00437. The van der Waals surface area contributed by atoms with Crippen LogP contribution in [0, 0.1) is 0 Å². The van der Waals surface area contributed by atoms with Crippen molar-refractivity contribution in [3.63, 3.8) is 0 Å². The van der Waals surface area contributed by atoms with Crippen molar-refractivity contribution in [3.8, 4) is 0 Å². The molecule has 1 fully saturated rings. The molecule has 0 aromatic heterocycles. The highest BCUT2D eigenvalue weighted by molar-refractivity contribution is 9.10. The molecule has 1 saturated heterocycles. The number of nitrogens with zero attached hydrogens (tertiary/aromatic N) is 1. The number of rotatable bonds is 2. The summed E-state index contributed by atoms with van der Waals surface area (Å²) in [6.45, 7) is 5.83. The third kappa shape index (κ3) is 2.75. The highest BCUT2D eigenvalue weighted by Gasteiger charge is 2.18. The summed E-state index contributed by atoms with van der Waals surface area (Å²) in [6, 6.07) is 6.62. The van der Waals surface area contributed by atoms with Crippen LogP contribution >= 0.6 is 15.9 Å². The van der Waals surface area contributed by atoms with Gasteiger partial charge in [-0.2, -0.15) is 0 Å². The minimum atomic E-state index is 0.491. The van der Waals surface area contributed by atoms with Gasteiger partial charge < -0.3 is 10.5 Å². The van der Waals surface area contributed by atoms with Gasteiger partial charge in [-0.1, -0.05) is 6.07 Å². The molecule has 0 bridgehead atoms. The Hall–Kier alpha value is -0.580. The van der Waals surface area contributed by atoms with E-state index in [1.54, 1.807) is 0 Å². The molecule has 0 amide bonds. The van der Waals surface area contributed by atoms with Crippen LogP contribution in [0.2, 0.25) is 0 Å². The van der Waals surface area contributed by atoms with E-state index in [0.29, 0.717) is 6.04 Å². The molecule has 0 spiro atoms. The Morgan fingerprint density at radius 3 is 3.06 bits per heavy atom. The van der Waals surface area contributed by atoms with Crippen molar-refractivity contribution in [3.05, 3.63) is 28.2 Å². The van der Waals surface area contributed by atoms with Gasteiger partial charge in [-0.05, 0) is 40.5 Å². The Labute approximate surface area is 105 Å². The molecule has 0 saturated carbocycles. The van der Waals surface area contributed by atoms with E-state index in [1.165, 1.54) is 5.56 Å². The molecule has 1 atom stereocenters. The van der Waals surface area contributed by atoms with Crippen LogP contribution in [0.1, 0.15) is 12.5 Å². The zero-order chi connectivity index (χ0) is 11.5. The number of ether oxygens (including phenoxy) is 1. The summed E-state index contributed by atoms with van der Waals surface area (Å²) in [7, 11) is 0. The van der Waals surface area contributed by atoms with Gasteiger partial charge in [-0.15, -0.1) is 0 Å². The third-order valence-electron chi connectivity index (χ3n) is 2.96. The van der Waals surface area contributed by atoms with E-state index in [2.05, 4.69) is 39.9 Å². The fourth-order valence-electron chi connectivity index (χ4n) is 1.90. The normalized spacial score (nSPS) is 22.2. The quantitative estimate of drug-likeness (QED) is 0.847. The Morgan fingerprint density at radius 1 is 1.56 bits per heavy atom. The van der Waals surface area contributed by atoms with Gasteiger partial charge in [0.2, 0.25) is 0 Å². The minimum absolute atomic E-state index is 0.491. The van der Waals surface area contributed by atoms with Crippen molar-refractivity contribution in [2.24, 2.45) is 0 Å². The largest absolute Gasteiger partial charge is 0.398 e. The molecule has 1 aromatic rings. The number of hydrogen-bond acceptors (Lipinski definition) is 3. The molecule has 1 aromatic carbocycles. The van der Waals surface area contributed by atoms with Crippen LogP contribution in [0.25, 0.3) is 0 Å². The van der Waals surface area contributed by atoms with E-state index >= 15 is 0 Å². The molecular formula is C12H17BrN2O. The number of morpholine rings is 1. The summed E-state index contributed by atoms with van der Waals surface area (Å²) < 4.78 is 6.40. The maximum Gasteiger partial charge on any atom is 0.0619 e. The van der Waals surface area contributed by atoms with Crippen LogP contribution in [0.5, 0.6) is 0 Å². The Bertz CT molecular complexity index is 370. The van der Waals surface area contributed by atoms with Crippen LogP contribution in [0.3, 0.4) is 0 Å². The second-order valence-corrected chi connectivity index (χ2v) is 5.10. The summed E-state index contributed by atoms with van der Waals surface area (Å²) in [4.78, 5) is 2.43. The van der Waals surface area contributed by atoms with Gasteiger partial charge >= 0.3 is 0 Å². The summed E-state index contributed by atoms with van der Waals surface area (Å²) in [5.41, 5.74) is 7.85. The standard InChI is InChI=1S/C12H17BrN2O/c1-9-8-16-5-4-15(9)7-10-2-3-12(14)11(13)6-10/h2-3,6,9H,4-5,7-8,14H2,1H3. The summed E-state index contributed by atoms with van der Waals surface area (Å²) in [5.74, 6) is 0. The van der Waals surface area contributed by atoms with E-state index < -0.39 is 0 Å². The van der Waals surface area contributed by atoms with E-state index in [4.69, 9.17) is 10.5 Å².